The fraction of sp³-hybridized carbons (Fsp3) is 0.0833. The highest BCUT2D eigenvalue weighted by molar-refractivity contribution is 9.10. The third-order valence-corrected chi connectivity index (χ3v) is 6.38. The Hall–Kier alpha value is -2.81. The fourth-order valence-corrected chi connectivity index (χ4v) is 4.80. The van der Waals surface area contributed by atoms with Gasteiger partial charge in [0, 0.05) is 5.56 Å². The van der Waals surface area contributed by atoms with Crippen molar-refractivity contribution in [2.24, 2.45) is 4.99 Å². The largest absolute Gasteiger partial charge is 0.497 e. The Morgan fingerprint density at radius 1 is 1.18 bits per heavy atom. The number of methoxy groups -OCH3 is 1. The summed E-state index contributed by atoms with van der Waals surface area (Å²) in [5, 5.41) is 3.57. The Bertz CT molecular complexity index is 1240. The van der Waals surface area contributed by atoms with Crippen LogP contribution in [0.1, 0.15) is 11.1 Å². The highest BCUT2D eigenvalue weighted by Gasteiger charge is 2.24. The zero-order valence-corrected chi connectivity index (χ0v) is 20.4. The van der Waals surface area contributed by atoms with Crippen LogP contribution in [0.15, 0.2) is 75.0 Å². The van der Waals surface area contributed by atoms with E-state index in [1.165, 1.54) is 17.8 Å². The Labute approximate surface area is 207 Å². The molecule has 168 valence electrons. The molecule has 1 heterocycles. The van der Waals surface area contributed by atoms with Crippen molar-refractivity contribution in [1.29, 1.82) is 0 Å². The lowest BCUT2D eigenvalue weighted by atomic mass is 10.2. The van der Waals surface area contributed by atoms with Crippen LogP contribution in [0.4, 0.5) is 10.1 Å². The number of amides is 1. The highest BCUT2D eigenvalue weighted by atomic mass is 79.9. The van der Waals surface area contributed by atoms with E-state index >= 15 is 0 Å². The molecule has 0 atom stereocenters. The lowest BCUT2D eigenvalue weighted by Gasteiger charge is -2.12. The first kappa shape index (κ1) is 23.4. The summed E-state index contributed by atoms with van der Waals surface area (Å²) in [6.45, 7) is 0.0366. The molecular weight excluding hydrogens is 531 g/mol. The summed E-state index contributed by atoms with van der Waals surface area (Å²) in [5.41, 5.74) is 1.82. The molecular formula is C24H17BrClFN2O3S. The topological polar surface area (TPSA) is 59.9 Å². The van der Waals surface area contributed by atoms with Crippen LogP contribution in [-0.4, -0.2) is 18.2 Å². The van der Waals surface area contributed by atoms with Crippen LogP contribution in [0.2, 0.25) is 5.02 Å². The molecule has 0 aromatic heterocycles. The van der Waals surface area contributed by atoms with Gasteiger partial charge in [-0.3, -0.25) is 4.79 Å². The van der Waals surface area contributed by atoms with E-state index in [4.69, 9.17) is 21.1 Å². The van der Waals surface area contributed by atoms with Gasteiger partial charge in [-0.1, -0.05) is 29.8 Å². The van der Waals surface area contributed by atoms with Crippen LogP contribution in [-0.2, 0) is 11.4 Å². The highest BCUT2D eigenvalue weighted by Crippen LogP contribution is 2.37. The molecule has 3 aromatic carbocycles. The molecule has 0 bridgehead atoms. The number of nitrogens with zero attached hydrogens (tertiary/aromatic N) is 1. The zero-order chi connectivity index (χ0) is 23.4. The SMILES string of the molecule is COc1ccc(N=C2NC(=O)/C(=C\c3cc(Cl)c(OCc4ccccc4F)c(Br)c3)S2)cc1. The van der Waals surface area contributed by atoms with Crippen LogP contribution < -0.4 is 14.8 Å². The lowest BCUT2D eigenvalue weighted by molar-refractivity contribution is -0.115. The van der Waals surface area contributed by atoms with Gasteiger partial charge in [-0.05, 0) is 81.8 Å². The van der Waals surface area contributed by atoms with Crippen molar-refractivity contribution in [2.45, 2.75) is 6.61 Å². The molecule has 5 nitrogen and oxygen atoms in total. The van der Waals surface area contributed by atoms with Gasteiger partial charge in [0.1, 0.15) is 18.2 Å². The number of hydrogen-bond acceptors (Lipinski definition) is 5. The molecule has 9 heteroatoms. The van der Waals surface area contributed by atoms with Crippen molar-refractivity contribution in [1.82, 2.24) is 5.32 Å². The van der Waals surface area contributed by atoms with Gasteiger partial charge in [0.05, 0.1) is 27.2 Å². The summed E-state index contributed by atoms with van der Waals surface area (Å²) in [4.78, 5) is 17.3. The Morgan fingerprint density at radius 3 is 2.64 bits per heavy atom. The normalized spacial score (nSPS) is 15.7. The molecule has 4 rings (SSSR count). The predicted octanol–water partition coefficient (Wildman–Crippen LogP) is 6.72. The maximum atomic E-state index is 13.8. The second-order valence-electron chi connectivity index (χ2n) is 6.87. The van der Waals surface area contributed by atoms with Crippen LogP contribution in [0, 0.1) is 5.82 Å². The van der Waals surface area contributed by atoms with E-state index in [0.29, 0.717) is 42.1 Å². The minimum atomic E-state index is -0.345. The monoisotopic (exact) mass is 546 g/mol. The van der Waals surface area contributed by atoms with Crippen LogP contribution in [0.5, 0.6) is 11.5 Å². The van der Waals surface area contributed by atoms with Crippen molar-refractivity contribution in [3.63, 3.8) is 0 Å². The lowest BCUT2D eigenvalue weighted by Crippen LogP contribution is -2.19. The zero-order valence-electron chi connectivity index (χ0n) is 17.3. The summed E-state index contributed by atoms with van der Waals surface area (Å²) in [7, 11) is 1.59. The second kappa shape index (κ2) is 10.4. The third-order valence-electron chi connectivity index (χ3n) is 4.60. The molecule has 1 N–H and O–H groups in total. The minimum absolute atomic E-state index is 0.0366. The number of benzene rings is 3. The Balaban J connectivity index is 1.49. The number of halogens is 3. The van der Waals surface area contributed by atoms with E-state index in [-0.39, 0.29) is 18.3 Å². The summed E-state index contributed by atoms with van der Waals surface area (Å²) in [6.07, 6.45) is 1.72. The first-order valence-electron chi connectivity index (χ1n) is 9.72. The van der Waals surface area contributed by atoms with Gasteiger partial charge in [0.25, 0.3) is 5.91 Å². The van der Waals surface area contributed by atoms with E-state index in [9.17, 15) is 9.18 Å². The van der Waals surface area contributed by atoms with E-state index in [0.717, 1.165) is 5.75 Å². The molecule has 0 spiro atoms. The average Bonchev–Trinajstić information content (AvgIpc) is 3.13. The van der Waals surface area contributed by atoms with Gasteiger partial charge < -0.3 is 14.8 Å². The summed E-state index contributed by atoms with van der Waals surface area (Å²) >= 11 is 11.1. The van der Waals surface area contributed by atoms with Gasteiger partial charge in [-0.2, -0.15) is 0 Å². The molecule has 0 saturated carbocycles. The first-order chi connectivity index (χ1) is 15.9. The Kier molecular flexibility index (Phi) is 7.37. The Morgan fingerprint density at radius 2 is 1.94 bits per heavy atom. The molecule has 0 aliphatic carbocycles. The number of aliphatic imine (C=N–C) groups is 1. The van der Waals surface area contributed by atoms with E-state index in [2.05, 4.69) is 26.2 Å². The number of carbonyl (C=O) groups is 1. The van der Waals surface area contributed by atoms with Gasteiger partial charge >= 0.3 is 0 Å². The number of ether oxygens (including phenoxy) is 2. The molecule has 0 unspecified atom stereocenters. The van der Waals surface area contributed by atoms with E-state index in [1.807, 2.05) is 0 Å². The maximum Gasteiger partial charge on any atom is 0.264 e. The molecule has 0 radical (unpaired) electrons. The molecule has 33 heavy (non-hydrogen) atoms. The molecule has 1 fully saturated rings. The van der Waals surface area contributed by atoms with Crippen molar-refractivity contribution >= 4 is 62.1 Å². The smallest absolute Gasteiger partial charge is 0.264 e. The van der Waals surface area contributed by atoms with Crippen molar-refractivity contribution < 1.29 is 18.7 Å². The molecule has 1 aliphatic heterocycles. The van der Waals surface area contributed by atoms with E-state index in [1.54, 1.807) is 67.8 Å². The number of amidine groups is 1. The van der Waals surface area contributed by atoms with Gasteiger partial charge in [-0.15, -0.1) is 0 Å². The van der Waals surface area contributed by atoms with Crippen molar-refractivity contribution in [3.8, 4) is 11.5 Å². The van der Waals surface area contributed by atoms with Crippen LogP contribution in [0.25, 0.3) is 6.08 Å². The van der Waals surface area contributed by atoms with E-state index < -0.39 is 0 Å². The summed E-state index contributed by atoms with van der Waals surface area (Å²) in [5.74, 6) is 0.528. The molecule has 1 amide bonds. The molecule has 3 aromatic rings. The summed E-state index contributed by atoms with van der Waals surface area (Å²) in [6, 6.07) is 17.1. The maximum absolute atomic E-state index is 13.8. The van der Waals surface area contributed by atoms with Gasteiger partial charge in [0.15, 0.2) is 10.9 Å². The number of rotatable bonds is 6. The van der Waals surface area contributed by atoms with Crippen molar-refractivity contribution in [3.05, 3.63) is 92.0 Å². The quantitative estimate of drug-likeness (QED) is 0.348. The number of nitrogens with one attached hydrogen (secondary N) is 1. The standard InChI is InChI=1S/C24H17BrClFN2O3S/c1-31-17-8-6-16(7-9-17)28-24-29-23(30)21(33-24)12-14-10-18(25)22(19(26)11-14)32-13-15-4-2-3-5-20(15)27/h2-12H,13H2,1H3,(H,28,29,30)/b21-12+. The predicted molar refractivity (Wildman–Crippen MR) is 134 cm³/mol. The second-order valence-corrected chi connectivity index (χ2v) is 9.17. The third kappa shape index (κ3) is 5.76. The van der Waals surface area contributed by atoms with Crippen LogP contribution in [0.3, 0.4) is 0 Å². The molecule has 1 aliphatic rings. The number of carbonyl (C=O) groups excluding carboxylic acids is 1. The van der Waals surface area contributed by atoms with Crippen molar-refractivity contribution in [2.75, 3.05) is 7.11 Å². The first-order valence-corrected chi connectivity index (χ1v) is 11.7. The van der Waals surface area contributed by atoms with Crippen LogP contribution >= 0.6 is 39.3 Å². The summed E-state index contributed by atoms with van der Waals surface area (Å²) < 4.78 is 25.3. The average molecular weight is 548 g/mol. The molecule has 1 saturated heterocycles. The number of thioether (sulfide) groups is 1. The van der Waals surface area contributed by atoms with Gasteiger partial charge in [0.2, 0.25) is 0 Å². The van der Waals surface area contributed by atoms with Gasteiger partial charge in [-0.25, -0.2) is 9.38 Å². The number of hydrogen-bond donors (Lipinski definition) is 1. The fourth-order valence-electron chi connectivity index (χ4n) is 2.97. The minimum Gasteiger partial charge on any atom is -0.497 e.